The number of benzene rings is 1. The number of hydrazone groups is 1. The highest BCUT2D eigenvalue weighted by atomic mass is 79.9. The van der Waals surface area contributed by atoms with Crippen molar-refractivity contribution in [1.82, 2.24) is 5.43 Å². The second-order valence-electron chi connectivity index (χ2n) is 2.52. The van der Waals surface area contributed by atoms with E-state index in [2.05, 4.69) is 54.6 Å². The first-order valence-electron chi connectivity index (χ1n) is 3.73. The minimum atomic E-state index is -0.346. The Morgan fingerprint density at radius 1 is 1.47 bits per heavy atom. The SMILES string of the molecule is NC(=S)NN=Cc1cc(Br)c(F)cc1Br. The van der Waals surface area contributed by atoms with Gasteiger partial charge >= 0.3 is 0 Å². The van der Waals surface area contributed by atoms with Crippen molar-refractivity contribution >= 4 is 55.4 Å². The van der Waals surface area contributed by atoms with Crippen LogP contribution in [0.15, 0.2) is 26.2 Å². The molecule has 80 valence electrons. The molecule has 0 aromatic heterocycles. The fourth-order valence-corrected chi connectivity index (χ4v) is 1.63. The van der Waals surface area contributed by atoms with E-state index in [0.29, 0.717) is 14.5 Å². The number of thiocarbonyl (C=S) groups is 1. The van der Waals surface area contributed by atoms with Crippen molar-refractivity contribution in [3.05, 3.63) is 32.5 Å². The second kappa shape index (κ2) is 5.53. The molecule has 0 saturated heterocycles. The van der Waals surface area contributed by atoms with E-state index < -0.39 is 0 Å². The molecule has 15 heavy (non-hydrogen) atoms. The van der Waals surface area contributed by atoms with Crippen LogP contribution >= 0.6 is 44.1 Å². The Morgan fingerprint density at radius 2 is 2.13 bits per heavy atom. The summed E-state index contributed by atoms with van der Waals surface area (Å²) < 4.78 is 14.0. The second-order valence-corrected chi connectivity index (χ2v) is 4.67. The number of halogens is 3. The van der Waals surface area contributed by atoms with E-state index in [1.165, 1.54) is 12.3 Å². The fourth-order valence-electron chi connectivity index (χ4n) is 0.802. The number of nitrogens with two attached hydrogens (primary N) is 1. The molecule has 3 N–H and O–H groups in total. The molecule has 0 bridgehead atoms. The largest absolute Gasteiger partial charge is 0.375 e. The zero-order valence-corrected chi connectivity index (χ0v) is 11.3. The van der Waals surface area contributed by atoms with E-state index in [-0.39, 0.29) is 10.9 Å². The highest BCUT2D eigenvalue weighted by molar-refractivity contribution is 9.11. The van der Waals surface area contributed by atoms with Crippen LogP contribution in [0.25, 0.3) is 0 Å². The Morgan fingerprint density at radius 3 is 2.73 bits per heavy atom. The van der Waals surface area contributed by atoms with Gasteiger partial charge in [-0.1, -0.05) is 15.9 Å². The van der Waals surface area contributed by atoms with E-state index >= 15 is 0 Å². The molecular weight excluding hydrogens is 349 g/mol. The smallest absolute Gasteiger partial charge is 0.184 e. The van der Waals surface area contributed by atoms with Crippen molar-refractivity contribution < 1.29 is 4.39 Å². The lowest BCUT2D eigenvalue weighted by atomic mass is 10.2. The maximum Gasteiger partial charge on any atom is 0.184 e. The Kier molecular flexibility index (Phi) is 4.62. The molecule has 3 nitrogen and oxygen atoms in total. The molecule has 0 heterocycles. The molecule has 1 rings (SSSR count). The molecule has 0 spiro atoms. The van der Waals surface area contributed by atoms with Gasteiger partial charge in [-0.05, 0) is 40.3 Å². The van der Waals surface area contributed by atoms with E-state index in [4.69, 9.17) is 5.73 Å². The third-order valence-corrected chi connectivity index (χ3v) is 2.80. The summed E-state index contributed by atoms with van der Waals surface area (Å²) >= 11 is 10.8. The van der Waals surface area contributed by atoms with Crippen molar-refractivity contribution in [2.24, 2.45) is 10.8 Å². The van der Waals surface area contributed by atoms with Crippen LogP contribution in [0.5, 0.6) is 0 Å². The molecule has 0 aliphatic carbocycles. The standard InChI is InChI=1S/C8H6Br2FN3S/c9-5-2-7(11)6(10)1-4(5)3-13-14-8(12)15/h1-3H,(H3,12,14,15). The first-order valence-corrected chi connectivity index (χ1v) is 5.73. The van der Waals surface area contributed by atoms with E-state index in [1.54, 1.807) is 6.07 Å². The van der Waals surface area contributed by atoms with Crippen LogP contribution in [-0.2, 0) is 0 Å². The van der Waals surface area contributed by atoms with E-state index in [0.717, 1.165) is 0 Å². The number of nitrogens with zero attached hydrogens (tertiary/aromatic N) is 1. The highest BCUT2D eigenvalue weighted by Gasteiger charge is 2.04. The first-order chi connectivity index (χ1) is 7.00. The Balaban J connectivity index is 2.90. The molecular formula is C8H6Br2FN3S. The molecule has 0 aliphatic heterocycles. The van der Waals surface area contributed by atoms with Gasteiger partial charge in [-0.15, -0.1) is 0 Å². The minimum Gasteiger partial charge on any atom is -0.375 e. The van der Waals surface area contributed by atoms with Crippen LogP contribution in [0.4, 0.5) is 4.39 Å². The summed E-state index contributed by atoms with van der Waals surface area (Å²) in [4.78, 5) is 0. The lowest BCUT2D eigenvalue weighted by molar-refractivity contribution is 0.620. The lowest BCUT2D eigenvalue weighted by Crippen LogP contribution is -2.24. The van der Waals surface area contributed by atoms with Crippen LogP contribution < -0.4 is 11.2 Å². The van der Waals surface area contributed by atoms with E-state index in [1.807, 2.05) is 0 Å². The molecule has 0 radical (unpaired) electrons. The Bertz CT molecular complexity index is 423. The summed E-state index contributed by atoms with van der Waals surface area (Å²) in [7, 11) is 0. The third-order valence-electron chi connectivity index (χ3n) is 1.42. The molecule has 0 fully saturated rings. The van der Waals surface area contributed by atoms with Gasteiger partial charge < -0.3 is 5.73 Å². The van der Waals surface area contributed by atoms with Gasteiger partial charge in [0, 0.05) is 10.0 Å². The zero-order valence-electron chi connectivity index (χ0n) is 7.30. The number of hydrogen-bond acceptors (Lipinski definition) is 2. The number of hydrogen-bond donors (Lipinski definition) is 2. The molecule has 0 saturated carbocycles. The van der Waals surface area contributed by atoms with E-state index in [9.17, 15) is 4.39 Å². The van der Waals surface area contributed by atoms with Crippen molar-refractivity contribution in [1.29, 1.82) is 0 Å². The monoisotopic (exact) mass is 353 g/mol. The predicted octanol–water partition coefficient (Wildman–Crippen LogP) is 2.52. The van der Waals surface area contributed by atoms with Gasteiger partial charge in [0.05, 0.1) is 10.7 Å². The first kappa shape index (κ1) is 12.5. The average Bonchev–Trinajstić information content (AvgIpc) is 2.13. The average molecular weight is 355 g/mol. The highest BCUT2D eigenvalue weighted by Crippen LogP contribution is 2.23. The minimum absolute atomic E-state index is 0.0727. The molecule has 0 atom stereocenters. The fraction of sp³-hybridized carbons (Fsp3) is 0. The molecule has 1 aromatic carbocycles. The summed E-state index contributed by atoms with van der Waals surface area (Å²) in [6.07, 6.45) is 1.48. The van der Waals surface area contributed by atoms with Gasteiger partial charge in [-0.25, -0.2) is 4.39 Å². The van der Waals surface area contributed by atoms with Gasteiger partial charge in [0.1, 0.15) is 5.82 Å². The molecule has 7 heteroatoms. The molecule has 0 amide bonds. The maximum atomic E-state index is 13.0. The topological polar surface area (TPSA) is 50.4 Å². The number of rotatable bonds is 2. The quantitative estimate of drug-likeness (QED) is 0.371. The van der Waals surface area contributed by atoms with Gasteiger partial charge in [0.15, 0.2) is 5.11 Å². The predicted molar refractivity (Wildman–Crippen MR) is 69.3 cm³/mol. The van der Waals surface area contributed by atoms with Crippen LogP contribution in [0.3, 0.4) is 0 Å². The van der Waals surface area contributed by atoms with Crippen LogP contribution in [0.2, 0.25) is 0 Å². The molecule has 1 aromatic rings. The maximum absolute atomic E-state index is 13.0. The summed E-state index contributed by atoms with van der Waals surface area (Å²) in [6, 6.07) is 2.93. The Hall–Kier alpha value is -0.530. The zero-order chi connectivity index (χ0) is 11.4. The normalized spacial score (nSPS) is 10.6. The third kappa shape index (κ3) is 3.84. The van der Waals surface area contributed by atoms with Gasteiger partial charge in [-0.2, -0.15) is 5.10 Å². The summed E-state index contributed by atoms with van der Waals surface area (Å²) in [5.74, 6) is -0.346. The van der Waals surface area contributed by atoms with Gasteiger partial charge in [-0.3, -0.25) is 5.43 Å². The number of nitrogens with one attached hydrogen (secondary N) is 1. The van der Waals surface area contributed by atoms with Crippen LogP contribution in [-0.4, -0.2) is 11.3 Å². The molecule has 0 aliphatic rings. The Labute approximate surface area is 108 Å². The van der Waals surface area contributed by atoms with Gasteiger partial charge in [0.2, 0.25) is 0 Å². The molecule has 0 unspecified atom stereocenters. The van der Waals surface area contributed by atoms with Crippen molar-refractivity contribution in [2.75, 3.05) is 0 Å². The summed E-state index contributed by atoms with van der Waals surface area (Å²) in [5.41, 5.74) is 8.28. The van der Waals surface area contributed by atoms with Crippen LogP contribution in [0, 0.1) is 5.82 Å². The summed E-state index contributed by atoms with van der Waals surface area (Å²) in [6.45, 7) is 0. The van der Waals surface area contributed by atoms with Crippen molar-refractivity contribution in [2.45, 2.75) is 0 Å². The van der Waals surface area contributed by atoms with Gasteiger partial charge in [0.25, 0.3) is 0 Å². The lowest BCUT2D eigenvalue weighted by Gasteiger charge is -2.01. The van der Waals surface area contributed by atoms with Crippen molar-refractivity contribution in [3.63, 3.8) is 0 Å². The van der Waals surface area contributed by atoms with Crippen LogP contribution in [0.1, 0.15) is 5.56 Å². The summed E-state index contributed by atoms with van der Waals surface area (Å²) in [5, 5.41) is 3.83. The van der Waals surface area contributed by atoms with Crippen molar-refractivity contribution in [3.8, 4) is 0 Å².